The van der Waals surface area contributed by atoms with Gasteiger partial charge in [-0.15, -0.1) is 0 Å². The van der Waals surface area contributed by atoms with Crippen LogP contribution in [0.3, 0.4) is 0 Å². The van der Waals surface area contributed by atoms with Crippen molar-refractivity contribution in [1.82, 2.24) is 9.97 Å². The number of rotatable bonds is 6. The zero-order valence-corrected chi connectivity index (χ0v) is 12.1. The summed E-state index contributed by atoms with van der Waals surface area (Å²) in [7, 11) is 2.08. The molecule has 1 heterocycles. The number of aromatic nitrogens is 2. The molecule has 102 valence electrons. The first-order valence-electron chi connectivity index (χ1n) is 6.56. The summed E-state index contributed by atoms with van der Waals surface area (Å²) in [6.07, 6.45) is 3.52. The van der Waals surface area contributed by atoms with E-state index in [1.807, 2.05) is 0 Å². The van der Waals surface area contributed by atoms with Gasteiger partial charge in [0.25, 0.3) is 0 Å². The van der Waals surface area contributed by atoms with E-state index in [0.717, 1.165) is 30.0 Å². The molecule has 0 amide bonds. The van der Waals surface area contributed by atoms with Crippen LogP contribution < -0.4 is 16.2 Å². The summed E-state index contributed by atoms with van der Waals surface area (Å²) < 4.78 is 0. The predicted octanol–water partition coefficient (Wildman–Crippen LogP) is 2.20. The Labute approximate surface area is 110 Å². The van der Waals surface area contributed by atoms with Crippen molar-refractivity contribution in [1.29, 1.82) is 0 Å². The van der Waals surface area contributed by atoms with Gasteiger partial charge in [-0.2, -0.15) is 0 Å². The molecule has 0 aliphatic rings. The number of hydrogen-bond donors (Lipinski definition) is 2. The van der Waals surface area contributed by atoms with Crippen LogP contribution in [-0.2, 0) is 6.42 Å². The Balaban J connectivity index is 3.14. The van der Waals surface area contributed by atoms with E-state index in [9.17, 15) is 0 Å². The maximum absolute atomic E-state index is 5.53. The van der Waals surface area contributed by atoms with Crippen LogP contribution in [0.2, 0.25) is 0 Å². The molecule has 1 atom stereocenters. The van der Waals surface area contributed by atoms with Crippen molar-refractivity contribution in [3.8, 4) is 0 Å². The minimum atomic E-state index is 0.418. The van der Waals surface area contributed by atoms with Gasteiger partial charge in [0, 0.05) is 18.7 Å². The minimum Gasteiger partial charge on any atom is -0.356 e. The number of anilines is 2. The molecule has 0 aromatic carbocycles. The van der Waals surface area contributed by atoms with E-state index in [-0.39, 0.29) is 0 Å². The Morgan fingerprint density at radius 2 is 2.00 bits per heavy atom. The smallest absolute Gasteiger partial charge is 0.148 e. The molecule has 5 heteroatoms. The number of nitrogen functional groups attached to an aromatic ring is 1. The lowest BCUT2D eigenvalue weighted by Crippen LogP contribution is -2.35. The van der Waals surface area contributed by atoms with Crippen LogP contribution in [0.15, 0.2) is 6.33 Å². The quantitative estimate of drug-likeness (QED) is 0.599. The third-order valence-electron chi connectivity index (χ3n) is 3.47. The topological polar surface area (TPSA) is 67.1 Å². The predicted molar refractivity (Wildman–Crippen MR) is 76.5 cm³/mol. The monoisotopic (exact) mass is 251 g/mol. The largest absolute Gasteiger partial charge is 0.356 e. The van der Waals surface area contributed by atoms with Gasteiger partial charge in [-0.3, -0.25) is 0 Å². The molecule has 5 nitrogen and oxygen atoms in total. The van der Waals surface area contributed by atoms with E-state index < -0.39 is 0 Å². The van der Waals surface area contributed by atoms with Crippen molar-refractivity contribution in [2.75, 3.05) is 17.4 Å². The molecule has 3 N–H and O–H groups in total. The van der Waals surface area contributed by atoms with Crippen LogP contribution in [0.4, 0.5) is 11.6 Å². The Kier molecular flexibility index (Phi) is 5.34. The number of nitrogens with one attached hydrogen (secondary N) is 1. The second kappa shape index (κ2) is 6.54. The molecular formula is C13H25N5. The average molecular weight is 251 g/mol. The lowest BCUT2D eigenvalue weighted by Gasteiger charge is -2.30. The van der Waals surface area contributed by atoms with Gasteiger partial charge >= 0.3 is 0 Å². The van der Waals surface area contributed by atoms with Crippen LogP contribution in [0.25, 0.3) is 0 Å². The SMILES string of the molecule is CCCc1c(NN)ncnc1N(C)C(C)C(C)C. The summed E-state index contributed by atoms with van der Waals surface area (Å²) in [5.74, 6) is 7.79. The van der Waals surface area contributed by atoms with Gasteiger partial charge in [0.2, 0.25) is 0 Å². The summed E-state index contributed by atoms with van der Waals surface area (Å²) in [5, 5.41) is 0. The Hall–Kier alpha value is -1.36. The molecule has 1 aromatic heterocycles. The van der Waals surface area contributed by atoms with E-state index in [1.54, 1.807) is 6.33 Å². The van der Waals surface area contributed by atoms with Gasteiger partial charge < -0.3 is 10.3 Å². The van der Waals surface area contributed by atoms with Crippen LogP contribution in [0.5, 0.6) is 0 Å². The summed E-state index contributed by atoms with van der Waals surface area (Å²) in [6, 6.07) is 0.418. The Morgan fingerprint density at radius 3 is 2.50 bits per heavy atom. The second-order valence-corrected chi connectivity index (χ2v) is 5.01. The van der Waals surface area contributed by atoms with Crippen molar-refractivity contribution < 1.29 is 0 Å². The van der Waals surface area contributed by atoms with Gasteiger partial charge in [0.05, 0.1) is 0 Å². The molecule has 0 saturated carbocycles. The summed E-state index contributed by atoms with van der Waals surface area (Å²) in [5.41, 5.74) is 3.76. The molecule has 0 bridgehead atoms. The van der Waals surface area contributed by atoms with Crippen LogP contribution in [0, 0.1) is 5.92 Å². The van der Waals surface area contributed by atoms with E-state index in [1.165, 1.54) is 0 Å². The average Bonchev–Trinajstić information content (AvgIpc) is 2.37. The van der Waals surface area contributed by atoms with E-state index in [0.29, 0.717) is 12.0 Å². The molecule has 1 rings (SSSR count). The standard InChI is InChI=1S/C13H25N5/c1-6-7-11-12(17-14)15-8-16-13(11)18(5)10(4)9(2)3/h8-10H,6-7,14H2,1-5H3,(H,15,16,17). The van der Waals surface area contributed by atoms with Crippen molar-refractivity contribution in [3.05, 3.63) is 11.9 Å². The highest BCUT2D eigenvalue weighted by Gasteiger charge is 2.19. The fourth-order valence-electron chi connectivity index (χ4n) is 1.95. The second-order valence-electron chi connectivity index (χ2n) is 5.01. The first-order valence-corrected chi connectivity index (χ1v) is 6.56. The molecule has 0 fully saturated rings. The van der Waals surface area contributed by atoms with E-state index in [2.05, 4.69) is 55.0 Å². The van der Waals surface area contributed by atoms with Gasteiger partial charge in [0.1, 0.15) is 18.0 Å². The highest BCUT2D eigenvalue weighted by Crippen LogP contribution is 2.26. The van der Waals surface area contributed by atoms with Crippen molar-refractivity contribution in [2.45, 2.75) is 46.6 Å². The number of nitrogens with zero attached hydrogens (tertiary/aromatic N) is 3. The van der Waals surface area contributed by atoms with Crippen LogP contribution in [0.1, 0.15) is 39.7 Å². The molecule has 0 aliphatic heterocycles. The van der Waals surface area contributed by atoms with Crippen molar-refractivity contribution in [2.24, 2.45) is 11.8 Å². The van der Waals surface area contributed by atoms with Gasteiger partial charge in [-0.1, -0.05) is 27.2 Å². The molecule has 18 heavy (non-hydrogen) atoms. The highest BCUT2D eigenvalue weighted by molar-refractivity contribution is 5.58. The van der Waals surface area contributed by atoms with Gasteiger partial charge in [-0.25, -0.2) is 15.8 Å². The van der Waals surface area contributed by atoms with Gasteiger partial charge in [-0.05, 0) is 19.3 Å². The molecule has 0 aliphatic carbocycles. The van der Waals surface area contributed by atoms with Crippen molar-refractivity contribution >= 4 is 11.6 Å². The first kappa shape index (κ1) is 14.7. The zero-order valence-electron chi connectivity index (χ0n) is 12.1. The molecule has 0 saturated heterocycles. The number of hydrazine groups is 1. The molecule has 1 aromatic rings. The highest BCUT2D eigenvalue weighted by atomic mass is 15.3. The maximum atomic E-state index is 5.53. The summed E-state index contributed by atoms with van der Waals surface area (Å²) in [4.78, 5) is 10.8. The molecule has 0 spiro atoms. The number of hydrogen-bond acceptors (Lipinski definition) is 5. The number of nitrogens with two attached hydrogens (primary N) is 1. The molecule has 1 unspecified atom stereocenters. The molecule has 0 radical (unpaired) electrons. The Morgan fingerprint density at radius 1 is 1.33 bits per heavy atom. The van der Waals surface area contributed by atoms with Crippen molar-refractivity contribution in [3.63, 3.8) is 0 Å². The summed E-state index contributed by atoms with van der Waals surface area (Å²) in [6.45, 7) is 8.77. The Bertz CT molecular complexity index is 378. The maximum Gasteiger partial charge on any atom is 0.148 e. The summed E-state index contributed by atoms with van der Waals surface area (Å²) >= 11 is 0. The fourth-order valence-corrected chi connectivity index (χ4v) is 1.95. The third kappa shape index (κ3) is 3.10. The zero-order chi connectivity index (χ0) is 13.7. The fraction of sp³-hybridized carbons (Fsp3) is 0.692. The lowest BCUT2D eigenvalue weighted by molar-refractivity contribution is 0.501. The lowest BCUT2D eigenvalue weighted by atomic mass is 10.0. The third-order valence-corrected chi connectivity index (χ3v) is 3.47. The van der Waals surface area contributed by atoms with E-state index >= 15 is 0 Å². The minimum absolute atomic E-state index is 0.418. The molecular weight excluding hydrogens is 226 g/mol. The van der Waals surface area contributed by atoms with Crippen LogP contribution in [-0.4, -0.2) is 23.1 Å². The van der Waals surface area contributed by atoms with Gasteiger partial charge in [0.15, 0.2) is 0 Å². The normalized spacial score (nSPS) is 12.6. The van der Waals surface area contributed by atoms with E-state index in [4.69, 9.17) is 5.84 Å². The van der Waals surface area contributed by atoms with Crippen LogP contribution >= 0.6 is 0 Å². The first-order chi connectivity index (χ1) is 8.52.